The summed E-state index contributed by atoms with van der Waals surface area (Å²) in [5, 5.41) is 1.34. The third-order valence-electron chi connectivity index (χ3n) is 4.65. The fourth-order valence-corrected chi connectivity index (χ4v) is 3.36. The van der Waals surface area contributed by atoms with E-state index in [-0.39, 0.29) is 0 Å². The lowest BCUT2D eigenvalue weighted by atomic mass is 9.89. The van der Waals surface area contributed by atoms with Gasteiger partial charge in [-0.1, -0.05) is 31.5 Å². The van der Waals surface area contributed by atoms with Crippen molar-refractivity contribution in [1.82, 2.24) is 9.88 Å². The highest BCUT2D eigenvalue weighted by Gasteiger charge is 2.24. The topological polar surface area (TPSA) is 36.1 Å². The number of fused-ring (bicyclic) bond motifs is 1. The first-order chi connectivity index (χ1) is 10.3. The van der Waals surface area contributed by atoms with Gasteiger partial charge in [-0.3, -0.25) is 4.79 Å². The largest absolute Gasteiger partial charge is 0.361 e. The van der Waals surface area contributed by atoms with Crippen molar-refractivity contribution in [3.63, 3.8) is 0 Å². The SMILES string of the molecule is CCCCC(=O)N1CCC(c2c[nH]c3ccccc23)CC1. The van der Waals surface area contributed by atoms with Crippen LogP contribution in [0.3, 0.4) is 0 Å². The number of hydrogen-bond acceptors (Lipinski definition) is 1. The predicted molar refractivity (Wildman–Crippen MR) is 86.4 cm³/mol. The minimum absolute atomic E-state index is 0.342. The molecule has 0 aliphatic carbocycles. The number of hydrogen-bond donors (Lipinski definition) is 1. The van der Waals surface area contributed by atoms with Crippen LogP contribution in [0, 0.1) is 0 Å². The molecule has 1 aliphatic heterocycles. The zero-order valence-electron chi connectivity index (χ0n) is 12.8. The summed E-state index contributed by atoms with van der Waals surface area (Å²) in [6.07, 6.45) is 7.15. The number of para-hydroxylation sites is 1. The molecule has 1 saturated heterocycles. The van der Waals surface area contributed by atoms with Gasteiger partial charge in [0.15, 0.2) is 0 Å². The molecule has 2 heterocycles. The highest BCUT2D eigenvalue weighted by Crippen LogP contribution is 2.33. The zero-order chi connectivity index (χ0) is 14.7. The molecule has 3 nitrogen and oxygen atoms in total. The summed E-state index contributed by atoms with van der Waals surface area (Å²) >= 11 is 0. The van der Waals surface area contributed by atoms with Crippen LogP contribution in [0.15, 0.2) is 30.5 Å². The third kappa shape index (κ3) is 2.97. The van der Waals surface area contributed by atoms with Crippen molar-refractivity contribution in [3.05, 3.63) is 36.0 Å². The first kappa shape index (κ1) is 14.2. The average molecular weight is 284 g/mol. The Hall–Kier alpha value is -1.77. The van der Waals surface area contributed by atoms with Gasteiger partial charge in [-0.2, -0.15) is 0 Å². The van der Waals surface area contributed by atoms with Crippen molar-refractivity contribution in [2.45, 2.75) is 44.9 Å². The molecular weight excluding hydrogens is 260 g/mol. The van der Waals surface area contributed by atoms with Crippen LogP contribution in [0.4, 0.5) is 0 Å². The van der Waals surface area contributed by atoms with Crippen LogP contribution >= 0.6 is 0 Å². The Bertz CT molecular complexity index is 608. The number of amides is 1. The molecule has 0 spiro atoms. The fraction of sp³-hybridized carbons (Fsp3) is 0.500. The minimum Gasteiger partial charge on any atom is -0.361 e. The van der Waals surface area contributed by atoms with Crippen LogP contribution in [-0.4, -0.2) is 28.9 Å². The van der Waals surface area contributed by atoms with E-state index in [0.717, 1.165) is 38.8 Å². The van der Waals surface area contributed by atoms with Crippen molar-refractivity contribution >= 4 is 16.8 Å². The summed E-state index contributed by atoms with van der Waals surface area (Å²) in [5.41, 5.74) is 2.64. The molecule has 1 amide bonds. The second-order valence-electron chi connectivity index (χ2n) is 6.05. The van der Waals surface area contributed by atoms with Gasteiger partial charge in [0.25, 0.3) is 0 Å². The molecule has 0 saturated carbocycles. The summed E-state index contributed by atoms with van der Waals surface area (Å²) in [7, 11) is 0. The van der Waals surface area contributed by atoms with Crippen LogP contribution in [0.25, 0.3) is 10.9 Å². The molecule has 3 heteroatoms. The van der Waals surface area contributed by atoms with Gasteiger partial charge in [0, 0.05) is 36.6 Å². The summed E-state index contributed by atoms with van der Waals surface area (Å²) < 4.78 is 0. The number of unbranched alkanes of at least 4 members (excludes halogenated alkanes) is 1. The van der Waals surface area contributed by atoms with E-state index in [9.17, 15) is 4.79 Å². The molecule has 112 valence electrons. The minimum atomic E-state index is 0.342. The number of carbonyl (C=O) groups is 1. The molecule has 1 N–H and O–H groups in total. The van der Waals surface area contributed by atoms with E-state index in [1.54, 1.807) is 0 Å². The maximum atomic E-state index is 12.1. The molecule has 0 unspecified atom stereocenters. The van der Waals surface area contributed by atoms with E-state index in [4.69, 9.17) is 0 Å². The highest BCUT2D eigenvalue weighted by molar-refractivity contribution is 5.83. The lowest BCUT2D eigenvalue weighted by molar-refractivity contribution is -0.132. The Labute approximate surface area is 126 Å². The van der Waals surface area contributed by atoms with E-state index < -0.39 is 0 Å². The molecule has 1 aromatic carbocycles. The van der Waals surface area contributed by atoms with Crippen molar-refractivity contribution < 1.29 is 4.79 Å². The molecule has 21 heavy (non-hydrogen) atoms. The molecular formula is C18H24N2O. The van der Waals surface area contributed by atoms with Crippen molar-refractivity contribution in [2.24, 2.45) is 0 Å². The Morgan fingerprint density at radius 2 is 2.05 bits per heavy atom. The van der Waals surface area contributed by atoms with Gasteiger partial charge in [0.1, 0.15) is 0 Å². The molecule has 0 radical (unpaired) electrons. The number of carbonyl (C=O) groups excluding carboxylic acids is 1. The normalized spacial score (nSPS) is 16.5. The molecule has 1 fully saturated rings. The maximum absolute atomic E-state index is 12.1. The van der Waals surface area contributed by atoms with Crippen LogP contribution in [-0.2, 0) is 4.79 Å². The van der Waals surface area contributed by atoms with Crippen molar-refractivity contribution in [2.75, 3.05) is 13.1 Å². The van der Waals surface area contributed by atoms with Gasteiger partial charge in [-0.05, 0) is 36.8 Å². The van der Waals surface area contributed by atoms with E-state index in [1.807, 2.05) is 0 Å². The van der Waals surface area contributed by atoms with Gasteiger partial charge in [-0.15, -0.1) is 0 Å². The summed E-state index contributed by atoms with van der Waals surface area (Å²) in [5.74, 6) is 0.922. The maximum Gasteiger partial charge on any atom is 0.222 e. The first-order valence-electron chi connectivity index (χ1n) is 8.13. The Kier molecular flexibility index (Phi) is 4.28. The van der Waals surface area contributed by atoms with E-state index >= 15 is 0 Å². The number of likely N-dealkylation sites (tertiary alicyclic amines) is 1. The number of aromatic nitrogens is 1. The smallest absolute Gasteiger partial charge is 0.222 e. The Morgan fingerprint density at radius 1 is 1.29 bits per heavy atom. The Balaban J connectivity index is 1.64. The molecule has 0 bridgehead atoms. The predicted octanol–water partition coefficient (Wildman–Crippen LogP) is 4.06. The van der Waals surface area contributed by atoms with Crippen LogP contribution < -0.4 is 0 Å². The summed E-state index contributed by atoms with van der Waals surface area (Å²) in [6, 6.07) is 8.49. The Morgan fingerprint density at radius 3 is 2.81 bits per heavy atom. The van der Waals surface area contributed by atoms with E-state index in [1.165, 1.54) is 16.5 Å². The third-order valence-corrected chi connectivity index (χ3v) is 4.65. The van der Waals surface area contributed by atoms with Gasteiger partial charge >= 0.3 is 0 Å². The number of nitrogens with zero attached hydrogens (tertiary/aromatic N) is 1. The number of aromatic amines is 1. The van der Waals surface area contributed by atoms with Crippen LogP contribution in [0.5, 0.6) is 0 Å². The zero-order valence-corrected chi connectivity index (χ0v) is 12.8. The van der Waals surface area contributed by atoms with Crippen LogP contribution in [0.1, 0.15) is 50.5 Å². The first-order valence-corrected chi connectivity index (χ1v) is 8.13. The number of nitrogens with one attached hydrogen (secondary N) is 1. The average Bonchev–Trinajstić information content (AvgIpc) is 2.97. The summed E-state index contributed by atoms with van der Waals surface area (Å²) in [4.78, 5) is 17.5. The molecule has 0 atom stereocenters. The van der Waals surface area contributed by atoms with Gasteiger partial charge < -0.3 is 9.88 Å². The fourth-order valence-electron chi connectivity index (χ4n) is 3.36. The lowest BCUT2D eigenvalue weighted by Gasteiger charge is -2.32. The molecule has 2 aromatic rings. The lowest BCUT2D eigenvalue weighted by Crippen LogP contribution is -2.37. The van der Waals surface area contributed by atoms with Crippen molar-refractivity contribution in [1.29, 1.82) is 0 Å². The van der Waals surface area contributed by atoms with Crippen molar-refractivity contribution in [3.8, 4) is 0 Å². The second kappa shape index (κ2) is 6.33. The van der Waals surface area contributed by atoms with Gasteiger partial charge in [0.05, 0.1) is 0 Å². The van der Waals surface area contributed by atoms with Gasteiger partial charge in [0.2, 0.25) is 5.91 Å². The standard InChI is InChI=1S/C18H24N2O/c1-2-3-8-18(21)20-11-9-14(10-12-20)16-13-19-17-7-5-4-6-15(16)17/h4-7,13-14,19H,2-3,8-12H2,1H3. The molecule has 1 aliphatic rings. The number of benzene rings is 1. The van der Waals surface area contributed by atoms with Crippen LogP contribution in [0.2, 0.25) is 0 Å². The monoisotopic (exact) mass is 284 g/mol. The second-order valence-corrected chi connectivity index (χ2v) is 6.05. The number of rotatable bonds is 4. The quantitative estimate of drug-likeness (QED) is 0.903. The molecule has 3 rings (SSSR count). The summed E-state index contributed by atoms with van der Waals surface area (Å²) in [6.45, 7) is 3.95. The van der Waals surface area contributed by atoms with Gasteiger partial charge in [-0.25, -0.2) is 0 Å². The number of H-pyrrole nitrogens is 1. The number of piperidine rings is 1. The van der Waals surface area contributed by atoms with E-state index in [2.05, 4.69) is 47.3 Å². The molecule has 1 aromatic heterocycles. The van der Waals surface area contributed by atoms with E-state index in [0.29, 0.717) is 18.2 Å². The highest BCUT2D eigenvalue weighted by atomic mass is 16.2.